The molecule has 4 atom stereocenters. The first-order chi connectivity index (χ1) is 10.2. The summed E-state index contributed by atoms with van der Waals surface area (Å²) in [5.74, 6) is -1.67. The Morgan fingerprint density at radius 3 is 2.14 bits per heavy atom. The van der Waals surface area contributed by atoms with Gasteiger partial charge in [-0.15, -0.1) is 0 Å². The van der Waals surface area contributed by atoms with Crippen LogP contribution in [0.25, 0.3) is 0 Å². The van der Waals surface area contributed by atoms with Crippen LogP contribution in [-0.2, 0) is 19.2 Å². The molecule has 0 rings (SSSR count). The van der Waals surface area contributed by atoms with Gasteiger partial charge in [0.2, 0.25) is 17.7 Å². The molecule has 0 aliphatic carbocycles. The summed E-state index contributed by atoms with van der Waals surface area (Å²) in [6, 6.07) is -2.40. The lowest BCUT2D eigenvalue weighted by Crippen LogP contribution is -2.54. The van der Waals surface area contributed by atoms with Crippen LogP contribution in [0.2, 0.25) is 0 Å². The van der Waals surface area contributed by atoms with Gasteiger partial charge in [-0.25, -0.2) is 0 Å². The third kappa shape index (κ3) is 7.16. The Hall–Kier alpha value is -1.96. The first kappa shape index (κ1) is 20.0. The van der Waals surface area contributed by atoms with Crippen molar-refractivity contribution in [1.29, 1.82) is 0 Å². The van der Waals surface area contributed by atoms with E-state index in [-0.39, 0.29) is 18.8 Å². The Labute approximate surface area is 130 Å². The van der Waals surface area contributed by atoms with E-state index < -0.39 is 35.8 Å². The summed E-state index contributed by atoms with van der Waals surface area (Å²) >= 11 is 0. The van der Waals surface area contributed by atoms with E-state index in [1.165, 1.54) is 6.92 Å². The van der Waals surface area contributed by atoms with Gasteiger partial charge in [-0.2, -0.15) is 0 Å². The second-order valence-corrected chi connectivity index (χ2v) is 5.41. The molecule has 0 spiro atoms. The van der Waals surface area contributed by atoms with Crippen molar-refractivity contribution in [1.82, 2.24) is 10.6 Å². The molecule has 6 N–H and O–H groups in total. The van der Waals surface area contributed by atoms with E-state index in [4.69, 9.17) is 11.5 Å². The Kier molecular flexibility index (Phi) is 9.00. The predicted octanol–water partition coefficient (Wildman–Crippen LogP) is -1.19. The van der Waals surface area contributed by atoms with Crippen molar-refractivity contribution in [2.24, 2.45) is 17.4 Å². The fraction of sp³-hybridized carbons (Fsp3) is 0.714. The van der Waals surface area contributed by atoms with Gasteiger partial charge in [-0.3, -0.25) is 14.4 Å². The molecule has 0 saturated carbocycles. The molecule has 0 unspecified atom stereocenters. The topological polar surface area (TPSA) is 144 Å². The molecule has 0 aliphatic heterocycles. The van der Waals surface area contributed by atoms with E-state index >= 15 is 0 Å². The number of carbonyl (C=O) groups is 4. The molecular weight excluding hydrogens is 288 g/mol. The van der Waals surface area contributed by atoms with Crippen LogP contribution in [-0.4, -0.2) is 42.1 Å². The van der Waals surface area contributed by atoms with Gasteiger partial charge < -0.3 is 26.9 Å². The molecule has 22 heavy (non-hydrogen) atoms. The third-order valence-corrected chi connectivity index (χ3v) is 3.44. The molecule has 0 radical (unpaired) electrons. The summed E-state index contributed by atoms with van der Waals surface area (Å²) < 4.78 is 0. The predicted molar refractivity (Wildman–Crippen MR) is 81.5 cm³/mol. The zero-order valence-electron chi connectivity index (χ0n) is 13.3. The van der Waals surface area contributed by atoms with Crippen molar-refractivity contribution < 1.29 is 19.2 Å². The fourth-order valence-corrected chi connectivity index (χ4v) is 1.69. The normalized spacial score (nSPS) is 16.0. The molecule has 0 fully saturated rings. The molecular formula is C14H26N4O4. The number of nitrogens with two attached hydrogens (primary N) is 2. The van der Waals surface area contributed by atoms with Gasteiger partial charge in [0.05, 0.1) is 12.1 Å². The molecule has 8 heteroatoms. The number of carbonyl (C=O) groups excluding carboxylic acids is 4. The van der Waals surface area contributed by atoms with Crippen molar-refractivity contribution in [3.8, 4) is 0 Å². The fourth-order valence-electron chi connectivity index (χ4n) is 1.69. The van der Waals surface area contributed by atoms with Crippen molar-refractivity contribution >= 4 is 24.0 Å². The van der Waals surface area contributed by atoms with E-state index in [1.807, 2.05) is 13.8 Å². The smallest absolute Gasteiger partial charge is 0.243 e. The average molecular weight is 314 g/mol. The van der Waals surface area contributed by atoms with Crippen molar-refractivity contribution in [2.75, 3.05) is 0 Å². The van der Waals surface area contributed by atoms with Crippen LogP contribution in [0.15, 0.2) is 0 Å². The lowest BCUT2D eigenvalue weighted by Gasteiger charge is -2.23. The molecule has 126 valence electrons. The van der Waals surface area contributed by atoms with E-state index in [1.54, 1.807) is 0 Å². The minimum Gasteiger partial charge on any atom is -0.370 e. The first-order valence-corrected chi connectivity index (χ1v) is 7.32. The van der Waals surface area contributed by atoms with Gasteiger partial charge in [-0.05, 0) is 19.3 Å². The number of nitrogens with one attached hydrogen (secondary N) is 2. The summed E-state index contributed by atoms with van der Waals surface area (Å²) in [5.41, 5.74) is 10.5. The van der Waals surface area contributed by atoms with Crippen LogP contribution < -0.4 is 22.1 Å². The van der Waals surface area contributed by atoms with E-state index in [2.05, 4.69) is 10.6 Å². The molecule has 0 bridgehead atoms. The number of hydrogen-bond acceptors (Lipinski definition) is 5. The monoisotopic (exact) mass is 314 g/mol. The summed E-state index contributed by atoms with van der Waals surface area (Å²) in [5, 5.41) is 5.03. The summed E-state index contributed by atoms with van der Waals surface area (Å²) in [6.07, 6.45) is 1.35. The van der Waals surface area contributed by atoms with Crippen LogP contribution >= 0.6 is 0 Å². The highest BCUT2D eigenvalue weighted by atomic mass is 16.2. The second-order valence-electron chi connectivity index (χ2n) is 5.41. The van der Waals surface area contributed by atoms with Crippen molar-refractivity contribution in [2.45, 2.75) is 58.2 Å². The van der Waals surface area contributed by atoms with Gasteiger partial charge in [0.25, 0.3) is 0 Å². The van der Waals surface area contributed by atoms with Gasteiger partial charge in [0.1, 0.15) is 12.3 Å². The highest BCUT2D eigenvalue weighted by Gasteiger charge is 2.26. The van der Waals surface area contributed by atoms with Gasteiger partial charge >= 0.3 is 0 Å². The molecule has 0 aromatic heterocycles. The number of hydrogen-bond donors (Lipinski definition) is 4. The van der Waals surface area contributed by atoms with Gasteiger partial charge in [0, 0.05) is 6.42 Å². The maximum atomic E-state index is 12.2. The minimum absolute atomic E-state index is 0.0395. The SMILES string of the molecule is CC[C@H](C)[C@@H](C=O)NC(=O)[C@H](CCC(N)=O)NC(=O)[C@H](C)N. The van der Waals surface area contributed by atoms with Crippen molar-refractivity contribution in [3.05, 3.63) is 0 Å². The summed E-state index contributed by atoms with van der Waals surface area (Å²) in [7, 11) is 0. The quantitative estimate of drug-likeness (QED) is 0.375. The lowest BCUT2D eigenvalue weighted by atomic mass is 9.99. The van der Waals surface area contributed by atoms with Crippen molar-refractivity contribution in [3.63, 3.8) is 0 Å². The largest absolute Gasteiger partial charge is 0.370 e. The Balaban J connectivity index is 4.89. The highest BCUT2D eigenvalue weighted by molar-refractivity contribution is 5.91. The maximum Gasteiger partial charge on any atom is 0.243 e. The zero-order chi connectivity index (χ0) is 17.3. The number of rotatable bonds is 10. The standard InChI is InChI=1S/C14H26N4O4/c1-4-8(2)11(7-19)18-14(22)10(5-6-12(16)20)17-13(21)9(3)15/h7-11H,4-6,15H2,1-3H3,(H2,16,20)(H,17,21)(H,18,22)/t8-,9-,10-,11+/m0/s1. The molecule has 0 aromatic rings. The Morgan fingerprint density at radius 1 is 1.14 bits per heavy atom. The first-order valence-electron chi connectivity index (χ1n) is 7.32. The van der Waals surface area contributed by atoms with Gasteiger partial charge in [0.15, 0.2) is 0 Å². The highest BCUT2D eigenvalue weighted by Crippen LogP contribution is 2.07. The molecule has 0 aliphatic rings. The molecule has 0 aromatic carbocycles. The minimum atomic E-state index is -0.961. The lowest BCUT2D eigenvalue weighted by molar-refractivity contribution is -0.131. The van der Waals surface area contributed by atoms with Crippen LogP contribution in [0.1, 0.15) is 40.0 Å². The number of aldehydes is 1. The zero-order valence-corrected chi connectivity index (χ0v) is 13.3. The Morgan fingerprint density at radius 2 is 1.73 bits per heavy atom. The Bertz CT molecular complexity index is 412. The van der Waals surface area contributed by atoms with E-state index in [9.17, 15) is 19.2 Å². The van der Waals surface area contributed by atoms with Crippen LogP contribution in [0.4, 0.5) is 0 Å². The van der Waals surface area contributed by atoms with E-state index in [0.717, 1.165) is 0 Å². The third-order valence-electron chi connectivity index (χ3n) is 3.44. The molecule has 8 nitrogen and oxygen atoms in total. The average Bonchev–Trinajstić information content (AvgIpc) is 2.47. The number of amides is 3. The second kappa shape index (κ2) is 9.88. The van der Waals surface area contributed by atoms with Gasteiger partial charge in [-0.1, -0.05) is 20.3 Å². The van der Waals surface area contributed by atoms with Crippen LogP contribution in [0.3, 0.4) is 0 Å². The van der Waals surface area contributed by atoms with E-state index in [0.29, 0.717) is 12.7 Å². The molecule has 3 amide bonds. The molecule has 0 saturated heterocycles. The maximum absolute atomic E-state index is 12.2. The summed E-state index contributed by atoms with van der Waals surface area (Å²) in [6.45, 7) is 5.21. The number of primary amides is 1. The van der Waals surface area contributed by atoms with Crippen LogP contribution in [0.5, 0.6) is 0 Å². The summed E-state index contributed by atoms with van der Waals surface area (Å²) in [4.78, 5) is 45.8. The van der Waals surface area contributed by atoms with Crippen LogP contribution in [0, 0.1) is 5.92 Å². The molecule has 0 heterocycles.